The van der Waals surface area contributed by atoms with Crippen LogP contribution in [0.1, 0.15) is 37.9 Å². The molecular formula is C14H22N4. The molecule has 4 fully saturated rings. The van der Waals surface area contributed by atoms with Crippen molar-refractivity contribution in [1.29, 1.82) is 0 Å². The van der Waals surface area contributed by atoms with Gasteiger partial charge in [-0.3, -0.25) is 0 Å². The van der Waals surface area contributed by atoms with Crippen LogP contribution in [0.3, 0.4) is 0 Å². The average molecular weight is 246 g/mol. The molecule has 4 saturated carbocycles. The van der Waals surface area contributed by atoms with Crippen LogP contribution in [0.15, 0.2) is 6.33 Å². The lowest BCUT2D eigenvalue weighted by Gasteiger charge is -2.54. The van der Waals surface area contributed by atoms with Crippen LogP contribution >= 0.6 is 0 Å². The predicted molar refractivity (Wildman–Crippen MR) is 68.4 cm³/mol. The highest BCUT2D eigenvalue weighted by Gasteiger charge is 2.48. The molecule has 1 heterocycles. The van der Waals surface area contributed by atoms with Gasteiger partial charge in [-0.25, -0.2) is 0 Å². The lowest BCUT2D eigenvalue weighted by Crippen LogP contribution is -2.46. The predicted octanol–water partition coefficient (Wildman–Crippen LogP) is 1.81. The Morgan fingerprint density at radius 1 is 1.11 bits per heavy atom. The van der Waals surface area contributed by atoms with Gasteiger partial charge in [-0.2, -0.15) is 0 Å². The molecule has 0 atom stereocenters. The highest BCUT2D eigenvalue weighted by Crippen LogP contribution is 2.56. The topological polar surface area (TPSA) is 56.7 Å². The van der Waals surface area contributed by atoms with E-state index in [1.54, 1.807) is 0 Å². The Kier molecular flexibility index (Phi) is 2.47. The fraction of sp³-hybridized carbons (Fsp3) is 0.857. The summed E-state index contributed by atoms with van der Waals surface area (Å²) in [6.45, 7) is 1.61. The quantitative estimate of drug-likeness (QED) is 0.885. The maximum atomic E-state index is 5.72. The smallest absolute Gasteiger partial charge is 0.146 e. The van der Waals surface area contributed by atoms with Gasteiger partial charge in [-0.15, -0.1) is 10.2 Å². The van der Waals surface area contributed by atoms with E-state index in [0.717, 1.165) is 42.0 Å². The van der Waals surface area contributed by atoms with Crippen LogP contribution in [0.25, 0.3) is 0 Å². The molecule has 1 aromatic rings. The zero-order valence-corrected chi connectivity index (χ0v) is 10.8. The summed E-state index contributed by atoms with van der Waals surface area (Å²) in [7, 11) is 0. The molecule has 0 aliphatic heterocycles. The molecule has 2 N–H and O–H groups in total. The number of hydrogen-bond acceptors (Lipinski definition) is 3. The van der Waals surface area contributed by atoms with Gasteiger partial charge in [-0.05, 0) is 61.7 Å². The molecule has 0 radical (unpaired) electrons. The summed E-state index contributed by atoms with van der Waals surface area (Å²) >= 11 is 0. The first-order valence-electron chi connectivity index (χ1n) is 7.40. The van der Waals surface area contributed by atoms with Crippen molar-refractivity contribution < 1.29 is 0 Å². The lowest BCUT2D eigenvalue weighted by molar-refractivity contribution is -0.0433. The number of rotatable bonds is 3. The van der Waals surface area contributed by atoms with E-state index in [1.165, 1.54) is 32.1 Å². The van der Waals surface area contributed by atoms with Crippen molar-refractivity contribution >= 4 is 0 Å². The van der Waals surface area contributed by atoms with Gasteiger partial charge in [0.15, 0.2) is 0 Å². The Bertz CT molecular complexity index is 411. The van der Waals surface area contributed by atoms with E-state index in [4.69, 9.17) is 5.73 Å². The Hall–Kier alpha value is -0.900. The van der Waals surface area contributed by atoms with Crippen LogP contribution in [-0.4, -0.2) is 14.8 Å². The maximum Gasteiger partial charge on any atom is 0.146 e. The molecule has 5 rings (SSSR count). The van der Waals surface area contributed by atoms with E-state index in [0.29, 0.717) is 6.54 Å². The van der Waals surface area contributed by atoms with Gasteiger partial charge in [0.2, 0.25) is 0 Å². The molecule has 98 valence electrons. The first kappa shape index (κ1) is 11.0. The van der Waals surface area contributed by atoms with E-state index in [2.05, 4.69) is 14.8 Å². The summed E-state index contributed by atoms with van der Waals surface area (Å²) in [4.78, 5) is 0. The monoisotopic (exact) mass is 246 g/mol. The van der Waals surface area contributed by atoms with Crippen LogP contribution in [-0.2, 0) is 13.1 Å². The van der Waals surface area contributed by atoms with Crippen LogP contribution in [0.4, 0.5) is 0 Å². The molecule has 4 bridgehead atoms. The van der Waals surface area contributed by atoms with Gasteiger partial charge in [0.1, 0.15) is 12.2 Å². The fourth-order valence-corrected chi connectivity index (χ4v) is 5.15. The first-order chi connectivity index (χ1) is 8.83. The Labute approximate surface area is 108 Å². The lowest BCUT2D eigenvalue weighted by atomic mass is 9.52. The minimum absolute atomic E-state index is 0.507. The summed E-state index contributed by atoms with van der Waals surface area (Å²) in [5, 5.41) is 8.11. The van der Waals surface area contributed by atoms with Crippen molar-refractivity contribution in [1.82, 2.24) is 14.8 Å². The molecule has 0 saturated heterocycles. The van der Waals surface area contributed by atoms with Crippen molar-refractivity contribution in [3.05, 3.63) is 12.2 Å². The molecule has 1 aromatic heterocycles. The third-order valence-electron chi connectivity index (χ3n) is 5.71. The van der Waals surface area contributed by atoms with E-state index < -0.39 is 0 Å². The standard InChI is InChI=1S/C14H22N4/c15-6-14-17-16-8-18(14)7-13-11-2-9-1-10(4-11)5-12(13)3-9/h8-13H,1-7,15H2. The fourth-order valence-electron chi connectivity index (χ4n) is 5.15. The van der Waals surface area contributed by atoms with E-state index >= 15 is 0 Å². The second kappa shape index (κ2) is 4.05. The number of aromatic nitrogens is 3. The van der Waals surface area contributed by atoms with Crippen LogP contribution in [0.5, 0.6) is 0 Å². The molecule has 4 aliphatic rings. The largest absolute Gasteiger partial charge is 0.324 e. The summed E-state index contributed by atoms with van der Waals surface area (Å²) in [6.07, 6.45) is 9.33. The Balaban J connectivity index is 1.55. The van der Waals surface area contributed by atoms with Crippen LogP contribution in [0, 0.1) is 29.6 Å². The van der Waals surface area contributed by atoms with Gasteiger partial charge in [-0.1, -0.05) is 0 Å². The second-order valence-corrected chi connectivity index (χ2v) is 6.70. The number of nitrogens with zero attached hydrogens (tertiary/aromatic N) is 3. The third-order valence-corrected chi connectivity index (χ3v) is 5.71. The van der Waals surface area contributed by atoms with Gasteiger partial charge >= 0.3 is 0 Å². The summed E-state index contributed by atoms with van der Waals surface area (Å²) < 4.78 is 2.20. The molecule has 4 aliphatic carbocycles. The molecule has 0 spiro atoms. The zero-order valence-electron chi connectivity index (χ0n) is 10.8. The molecule has 0 amide bonds. The molecule has 0 aromatic carbocycles. The molecular weight excluding hydrogens is 224 g/mol. The highest BCUT2D eigenvalue weighted by atomic mass is 15.3. The first-order valence-corrected chi connectivity index (χ1v) is 7.40. The van der Waals surface area contributed by atoms with Crippen LogP contribution < -0.4 is 5.73 Å². The minimum atomic E-state index is 0.507. The van der Waals surface area contributed by atoms with Gasteiger partial charge < -0.3 is 10.3 Å². The number of nitrogens with two attached hydrogens (primary N) is 1. The SMILES string of the molecule is NCc1nncn1CC1C2CC3CC(C2)CC1C3. The Morgan fingerprint density at radius 2 is 1.78 bits per heavy atom. The third kappa shape index (κ3) is 1.62. The van der Waals surface area contributed by atoms with E-state index in [9.17, 15) is 0 Å². The highest BCUT2D eigenvalue weighted by molar-refractivity contribution is 4.99. The summed E-state index contributed by atoms with van der Waals surface area (Å²) in [5.74, 6) is 5.85. The van der Waals surface area contributed by atoms with E-state index in [-0.39, 0.29) is 0 Å². The molecule has 4 nitrogen and oxygen atoms in total. The second-order valence-electron chi connectivity index (χ2n) is 6.70. The van der Waals surface area contributed by atoms with Crippen molar-refractivity contribution in [2.24, 2.45) is 35.3 Å². The number of hydrogen-bond donors (Lipinski definition) is 1. The molecule has 4 heteroatoms. The summed E-state index contributed by atoms with van der Waals surface area (Å²) in [5.41, 5.74) is 5.72. The van der Waals surface area contributed by atoms with Crippen molar-refractivity contribution in [2.45, 2.75) is 45.2 Å². The van der Waals surface area contributed by atoms with Crippen molar-refractivity contribution in [2.75, 3.05) is 0 Å². The van der Waals surface area contributed by atoms with Crippen molar-refractivity contribution in [3.63, 3.8) is 0 Å². The minimum Gasteiger partial charge on any atom is -0.324 e. The summed E-state index contributed by atoms with van der Waals surface area (Å²) in [6, 6.07) is 0. The van der Waals surface area contributed by atoms with E-state index in [1.807, 2.05) is 6.33 Å². The van der Waals surface area contributed by atoms with Gasteiger partial charge in [0, 0.05) is 6.54 Å². The van der Waals surface area contributed by atoms with Crippen molar-refractivity contribution in [3.8, 4) is 0 Å². The van der Waals surface area contributed by atoms with Crippen LogP contribution in [0.2, 0.25) is 0 Å². The van der Waals surface area contributed by atoms with Gasteiger partial charge in [0.05, 0.1) is 6.54 Å². The van der Waals surface area contributed by atoms with Gasteiger partial charge in [0.25, 0.3) is 0 Å². The Morgan fingerprint density at radius 3 is 2.39 bits per heavy atom. The normalized spacial score (nSPS) is 41.5. The maximum absolute atomic E-state index is 5.72. The zero-order chi connectivity index (χ0) is 12.1. The average Bonchev–Trinajstić information content (AvgIpc) is 2.80. The molecule has 0 unspecified atom stereocenters. The molecule has 18 heavy (non-hydrogen) atoms.